The third-order valence-electron chi connectivity index (χ3n) is 5.19. The Morgan fingerprint density at radius 2 is 1.89 bits per heavy atom. The van der Waals surface area contributed by atoms with E-state index in [4.69, 9.17) is 0 Å². The van der Waals surface area contributed by atoms with E-state index in [0.717, 1.165) is 11.4 Å². The van der Waals surface area contributed by atoms with E-state index in [-0.39, 0.29) is 23.2 Å². The van der Waals surface area contributed by atoms with E-state index in [0.29, 0.717) is 16.8 Å². The van der Waals surface area contributed by atoms with Crippen LogP contribution in [0.1, 0.15) is 29.0 Å². The molecular weight excluding hydrogens is 364 g/mol. The Morgan fingerprint density at radius 3 is 2.61 bits per heavy atom. The van der Waals surface area contributed by atoms with Crippen molar-refractivity contribution in [2.24, 2.45) is 7.05 Å². The van der Waals surface area contributed by atoms with Crippen molar-refractivity contribution < 1.29 is 8.78 Å². The maximum Gasteiger partial charge on any atom is 0.272 e. The molecule has 2 N–H and O–H groups in total. The van der Waals surface area contributed by atoms with Crippen molar-refractivity contribution in [1.29, 1.82) is 0 Å². The van der Waals surface area contributed by atoms with Gasteiger partial charge in [-0.2, -0.15) is 5.10 Å². The molecule has 8 heteroatoms. The molecular formula is C20H15F2N5O. The summed E-state index contributed by atoms with van der Waals surface area (Å²) in [5.74, 6) is -0.518. The van der Waals surface area contributed by atoms with Crippen molar-refractivity contribution in [2.45, 2.75) is 12.0 Å². The number of nitrogens with one attached hydrogen (secondary N) is 2. The number of hydrogen-bond acceptors (Lipinski definition) is 4. The number of rotatable bonds is 2. The second-order valence-electron chi connectivity index (χ2n) is 6.86. The molecule has 0 radical (unpaired) electrons. The Kier molecular flexibility index (Phi) is 3.55. The van der Waals surface area contributed by atoms with Gasteiger partial charge in [0.2, 0.25) is 0 Å². The molecule has 0 saturated carbocycles. The molecule has 0 bridgehead atoms. The van der Waals surface area contributed by atoms with Crippen molar-refractivity contribution in [3.05, 3.63) is 87.9 Å². The molecule has 6 nitrogen and oxygen atoms in total. The molecule has 0 spiro atoms. The van der Waals surface area contributed by atoms with Gasteiger partial charge in [0.1, 0.15) is 17.5 Å². The number of nitrogens with zero attached hydrogens (tertiary/aromatic N) is 3. The lowest BCUT2D eigenvalue weighted by molar-refractivity contribution is 0.578. The second kappa shape index (κ2) is 5.98. The van der Waals surface area contributed by atoms with E-state index < -0.39 is 11.4 Å². The maximum atomic E-state index is 14.2. The van der Waals surface area contributed by atoms with Crippen LogP contribution in [0.3, 0.4) is 0 Å². The quantitative estimate of drug-likeness (QED) is 0.561. The van der Waals surface area contributed by atoms with Gasteiger partial charge in [0, 0.05) is 30.5 Å². The fourth-order valence-electron chi connectivity index (χ4n) is 3.93. The molecule has 140 valence electrons. The van der Waals surface area contributed by atoms with Crippen molar-refractivity contribution in [3.8, 4) is 0 Å². The monoisotopic (exact) mass is 379 g/mol. The van der Waals surface area contributed by atoms with E-state index >= 15 is 0 Å². The topological polar surface area (TPSA) is 75.6 Å². The normalized spacial score (nSPS) is 18.2. The highest BCUT2D eigenvalue weighted by Crippen LogP contribution is 2.45. The van der Waals surface area contributed by atoms with Crippen LogP contribution in [-0.2, 0) is 7.05 Å². The lowest BCUT2D eigenvalue weighted by Crippen LogP contribution is -2.29. The van der Waals surface area contributed by atoms with Gasteiger partial charge >= 0.3 is 0 Å². The van der Waals surface area contributed by atoms with E-state index in [1.165, 1.54) is 24.3 Å². The summed E-state index contributed by atoms with van der Waals surface area (Å²) in [7, 11) is 1.87. The molecule has 2 aromatic carbocycles. The molecule has 4 aromatic rings. The number of aryl methyl sites for hydroxylation is 1. The minimum atomic E-state index is -0.522. The molecule has 2 unspecified atom stereocenters. The van der Waals surface area contributed by atoms with Gasteiger partial charge in [-0.25, -0.2) is 18.9 Å². The van der Waals surface area contributed by atoms with E-state index in [2.05, 4.69) is 20.5 Å². The minimum Gasteiger partial charge on any atom is -0.376 e. The molecule has 2 aromatic heterocycles. The Labute approximate surface area is 157 Å². The summed E-state index contributed by atoms with van der Waals surface area (Å²) < 4.78 is 29.5. The number of imidazole rings is 1. The predicted octanol–water partition coefficient (Wildman–Crippen LogP) is 3.23. The lowest BCUT2D eigenvalue weighted by atomic mass is 9.83. The van der Waals surface area contributed by atoms with Crippen LogP contribution in [0.25, 0.3) is 10.8 Å². The number of halogens is 2. The SMILES string of the molecule is Cn1ccnc1C1c2n[nH]c(=O)c3cc(F)cc(c23)NC1c1ccc(F)cc1. The van der Waals surface area contributed by atoms with Gasteiger partial charge in [0.25, 0.3) is 5.56 Å². The first-order valence-electron chi connectivity index (χ1n) is 8.74. The van der Waals surface area contributed by atoms with Crippen molar-refractivity contribution in [1.82, 2.24) is 19.7 Å². The van der Waals surface area contributed by atoms with E-state index in [1.54, 1.807) is 18.3 Å². The number of aromatic amines is 1. The predicted molar refractivity (Wildman–Crippen MR) is 100 cm³/mol. The summed E-state index contributed by atoms with van der Waals surface area (Å²) in [6.07, 6.45) is 3.50. The lowest BCUT2D eigenvalue weighted by Gasteiger charge is -2.34. The average Bonchev–Trinajstić information content (AvgIpc) is 3.10. The zero-order valence-corrected chi connectivity index (χ0v) is 14.8. The van der Waals surface area contributed by atoms with Crippen molar-refractivity contribution in [2.75, 3.05) is 5.32 Å². The Bertz CT molecular complexity index is 1260. The van der Waals surface area contributed by atoms with E-state index in [1.807, 2.05) is 17.8 Å². The summed E-state index contributed by atoms with van der Waals surface area (Å²) in [4.78, 5) is 16.7. The second-order valence-corrected chi connectivity index (χ2v) is 6.86. The summed E-state index contributed by atoms with van der Waals surface area (Å²) in [5, 5.41) is 10.9. The van der Waals surface area contributed by atoms with Crippen LogP contribution >= 0.6 is 0 Å². The first-order chi connectivity index (χ1) is 13.5. The summed E-state index contributed by atoms with van der Waals surface area (Å²) in [5.41, 5.74) is 1.40. The molecule has 3 heterocycles. The van der Waals surface area contributed by atoms with Gasteiger partial charge in [-0.15, -0.1) is 0 Å². The molecule has 2 atom stereocenters. The molecule has 1 aliphatic heterocycles. The van der Waals surface area contributed by atoms with Crippen LogP contribution in [0.4, 0.5) is 14.5 Å². The highest BCUT2D eigenvalue weighted by molar-refractivity contribution is 5.97. The van der Waals surface area contributed by atoms with Gasteiger partial charge in [-0.3, -0.25) is 4.79 Å². The highest BCUT2D eigenvalue weighted by atomic mass is 19.1. The number of anilines is 1. The highest BCUT2D eigenvalue weighted by Gasteiger charge is 2.37. The van der Waals surface area contributed by atoms with Crippen LogP contribution in [0, 0.1) is 11.6 Å². The third kappa shape index (κ3) is 2.41. The fourth-order valence-corrected chi connectivity index (χ4v) is 3.93. The van der Waals surface area contributed by atoms with E-state index in [9.17, 15) is 13.6 Å². The molecule has 0 saturated heterocycles. The van der Waals surface area contributed by atoms with Crippen molar-refractivity contribution >= 4 is 16.5 Å². The first-order valence-corrected chi connectivity index (χ1v) is 8.74. The van der Waals surface area contributed by atoms with Crippen LogP contribution in [0.2, 0.25) is 0 Å². The standard InChI is InChI=1S/C20H15F2N5O/c1-27-7-6-23-19(27)16-17(10-2-4-11(21)5-3-10)24-14-9-12(22)8-13-15(14)18(16)25-26-20(13)28/h2-9,16-17,24H,1H3,(H,26,28). The summed E-state index contributed by atoms with van der Waals surface area (Å²) in [6.45, 7) is 0. The van der Waals surface area contributed by atoms with Crippen LogP contribution in [0.15, 0.2) is 53.6 Å². The first kappa shape index (κ1) is 16.6. The third-order valence-corrected chi connectivity index (χ3v) is 5.19. The van der Waals surface area contributed by atoms with Gasteiger partial charge in [-0.1, -0.05) is 12.1 Å². The van der Waals surface area contributed by atoms with Crippen LogP contribution < -0.4 is 10.9 Å². The Balaban J connectivity index is 1.82. The number of H-pyrrole nitrogens is 1. The maximum absolute atomic E-state index is 14.2. The van der Waals surface area contributed by atoms with Crippen molar-refractivity contribution in [3.63, 3.8) is 0 Å². The molecule has 0 aliphatic carbocycles. The average molecular weight is 379 g/mol. The minimum absolute atomic E-state index is 0.226. The summed E-state index contributed by atoms with van der Waals surface area (Å²) in [6, 6.07) is 8.28. The fraction of sp³-hybridized carbons (Fsp3) is 0.150. The summed E-state index contributed by atoms with van der Waals surface area (Å²) >= 11 is 0. The zero-order valence-electron chi connectivity index (χ0n) is 14.8. The van der Waals surface area contributed by atoms with Crippen LogP contribution in [0.5, 0.6) is 0 Å². The number of hydrogen-bond donors (Lipinski definition) is 2. The molecule has 5 rings (SSSR count). The molecule has 28 heavy (non-hydrogen) atoms. The molecule has 1 aliphatic rings. The smallest absolute Gasteiger partial charge is 0.272 e. The number of aromatic nitrogens is 4. The van der Waals surface area contributed by atoms with Crippen LogP contribution in [-0.4, -0.2) is 19.7 Å². The largest absolute Gasteiger partial charge is 0.376 e. The zero-order chi connectivity index (χ0) is 19.4. The van der Waals surface area contributed by atoms with Gasteiger partial charge in [0.05, 0.1) is 23.0 Å². The molecule has 0 fully saturated rings. The number of benzene rings is 2. The van der Waals surface area contributed by atoms with Gasteiger partial charge in [0.15, 0.2) is 0 Å². The van der Waals surface area contributed by atoms with Gasteiger partial charge < -0.3 is 9.88 Å². The Hall–Kier alpha value is -3.55. The van der Waals surface area contributed by atoms with Gasteiger partial charge in [-0.05, 0) is 29.8 Å². The Morgan fingerprint density at radius 1 is 1.11 bits per heavy atom. The molecule has 0 amide bonds.